The molecule has 0 bridgehead atoms. The van der Waals surface area contributed by atoms with Gasteiger partial charge in [0.2, 0.25) is 10.0 Å². The van der Waals surface area contributed by atoms with Crippen LogP contribution in [0.5, 0.6) is 0 Å². The molecule has 0 spiro atoms. The summed E-state index contributed by atoms with van der Waals surface area (Å²) in [5, 5.41) is 7.57. The van der Waals surface area contributed by atoms with E-state index in [1.165, 1.54) is 29.8 Å². The summed E-state index contributed by atoms with van der Waals surface area (Å²) in [6, 6.07) is 17.4. The van der Waals surface area contributed by atoms with Crippen molar-refractivity contribution in [1.29, 1.82) is 0 Å². The molecule has 10 nitrogen and oxygen atoms in total. The molecule has 0 radical (unpaired) electrons. The molecule has 4 rings (SSSR count). The van der Waals surface area contributed by atoms with Gasteiger partial charge >= 0.3 is 0 Å². The molecule has 1 atom stereocenters. The van der Waals surface area contributed by atoms with Crippen molar-refractivity contribution in [2.45, 2.75) is 19.2 Å². The standard InChI is InChI=1S/C26H27N5O5S2/c1-38(34,35)31-12-11-21(14-31)24(32)28-22(16-36-15-19-9-7-18(13-27)8-10-19)25(33)30-26-29-23(17-37-26)20-5-3-2-4-6-20/h2-12,14,17,22H,13,15-16,27H2,1H3,(H,28,32)(H,29,30,33). The van der Waals surface area contributed by atoms with Gasteiger partial charge in [-0.1, -0.05) is 54.6 Å². The second kappa shape index (κ2) is 12.1. The predicted octanol–water partition coefficient (Wildman–Crippen LogP) is 2.83. The van der Waals surface area contributed by atoms with Gasteiger partial charge < -0.3 is 21.1 Å². The van der Waals surface area contributed by atoms with E-state index in [0.717, 1.165) is 26.9 Å². The summed E-state index contributed by atoms with van der Waals surface area (Å²) in [6.07, 6.45) is 3.48. The van der Waals surface area contributed by atoms with Crippen LogP contribution >= 0.6 is 11.3 Å². The first-order valence-electron chi connectivity index (χ1n) is 11.6. The van der Waals surface area contributed by atoms with Crippen molar-refractivity contribution >= 4 is 38.3 Å². The maximum absolute atomic E-state index is 13.2. The van der Waals surface area contributed by atoms with Gasteiger partial charge in [-0.3, -0.25) is 13.6 Å². The second-order valence-corrected chi connectivity index (χ2v) is 11.2. The van der Waals surface area contributed by atoms with E-state index in [4.69, 9.17) is 10.5 Å². The van der Waals surface area contributed by atoms with Gasteiger partial charge in [0.05, 0.1) is 30.7 Å². The van der Waals surface area contributed by atoms with Crippen LogP contribution in [0.2, 0.25) is 0 Å². The first kappa shape index (κ1) is 27.2. The van der Waals surface area contributed by atoms with Crippen molar-refractivity contribution in [2.24, 2.45) is 5.73 Å². The summed E-state index contributed by atoms with van der Waals surface area (Å²) in [5.74, 6) is -1.14. The Morgan fingerprint density at radius 1 is 1.08 bits per heavy atom. The third-order valence-corrected chi connectivity index (χ3v) is 7.30. The number of ether oxygens (including phenoxy) is 1. The summed E-state index contributed by atoms with van der Waals surface area (Å²) in [5.41, 5.74) is 9.21. The smallest absolute Gasteiger partial charge is 0.253 e. The fourth-order valence-corrected chi connectivity index (χ4v) is 4.78. The molecule has 0 aliphatic heterocycles. The molecule has 2 aromatic carbocycles. The Balaban J connectivity index is 1.46. The van der Waals surface area contributed by atoms with E-state index in [1.807, 2.05) is 60.0 Å². The molecule has 0 aliphatic rings. The van der Waals surface area contributed by atoms with Crippen LogP contribution in [0.1, 0.15) is 21.5 Å². The number of nitrogens with two attached hydrogens (primary N) is 1. The van der Waals surface area contributed by atoms with Gasteiger partial charge in [-0.2, -0.15) is 0 Å². The number of rotatable bonds is 11. The lowest BCUT2D eigenvalue weighted by Gasteiger charge is -2.18. The number of carbonyl (C=O) groups excluding carboxylic acids is 2. The summed E-state index contributed by atoms with van der Waals surface area (Å²) in [4.78, 5) is 30.5. The zero-order chi connectivity index (χ0) is 27.1. The lowest BCUT2D eigenvalue weighted by atomic mass is 10.1. The van der Waals surface area contributed by atoms with Crippen LogP contribution in [-0.2, 0) is 32.7 Å². The summed E-state index contributed by atoms with van der Waals surface area (Å²) < 4.78 is 30.2. The molecule has 2 aromatic heterocycles. The molecule has 0 saturated heterocycles. The molecule has 2 heterocycles. The number of hydrogen-bond acceptors (Lipinski definition) is 8. The van der Waals surface area contributed by atoms with E-state index in [-0.39, 0.29) is 18.8 Å². The minimum Gasteiger partial charge on any atom is -0.374 e. The maximum atomic E-state index is 13.2. The molecule has 2 amide bonds. The lowest BCUT2D eigenvalue weighted by molar-refractivity contribution is -0.119. The highest BCUT2D eigenvalue weighted by atomic mass is 32.2. The van der Waals surface area contributed by atoms with Gasteiger partial charge in [-0.25, -0.2) is 13.4 Å². The van der Waals surface area contributed by atoms with Crippen molar-refractivity contribution in [1.82, 2.24) is 14.3 Å². The average molecular weight is 554 g/mol. The Hall–Kier alpha value is -3.84. The van der Waals surface area contributed by atoms with Crippen LogP contribution in [0, 0.1) is 0 Å². The fraction of sp³-hybridized carbons (Fsp3) is 0.192. The SMILES string of the molecule is CS(=O)(=O)n1ccc(C(=O)NC(COCc2ccc(CN)cc2)C(=O)Nc2nc(-c3ccccc3)cs2)c1. The number of carbonyl (C=O) groups is 2. The number of aromatic nitrogens is 2. The van der Waals surface area contributed by atoms with Crippen LogP contribution in [0.4, 0.5) is 5.13 Å². The quantitative estimate of drug-likeness (QED) is 0.259. The minimum absolute atomic E-state index is 0.0891. The second-order valence-electron chi connectivity index (χ2n) is 8.45. The molecular weight excluding hydrogens is 526 g/mol. The van der Waals surface area contributed by atoms with Crippen LogP contribution < -0.4 is 16.4 Å². The molecule has 38 heavy (non-hydrogen) atoms. The Morgan fingerprint density at radius 2 is 1.79 bits per heavy atom. The number of thiazole rings is 1. The fourth-order valence-electron chi connectivity index (χ4n) is 3.47. The molecular formula is C26H27N5O5S2. The largest absolute Gasteiger partial charge is 0.374 e. The van der Waals surface area contributed by atoms with E-state index < -0.39 is 27.9 Å². The molecule has 0 aliphatic carbocycles. The Labute approximate surface area is 224 Å². The molecule has 0 saturated carbocycles. The Morgan fingerprint density at radius 3 is 2.45 bits per heavy atom. The zero-order valence-electron chi connectivity index (χ0n) is 20.5. The zero-order valence-corrected chi connectivity index (χ0v) is 22.2. The molecule has 1 unspecified atom stereocenters. The van der Waals surface area contributed by atoms with E-state index in [2.05, 4.69) is 15.6 Å². The molecule has 198 valence electrons. The minimum atomic E-state index is -3.55. The predicted molar refractivity (Wildman–Crippen MR) is 146 cm³/mol. The van der Waals surface area contributed by atoms with E-state index >= 15 is 0 Å². The highest BCUT2D eigenvalue weighted by molar-refractivity contribution is 7.89. The normalized spacial score (nSPS) is 12.2. The van der Waals surface area contributed by atoms with Crippen molar-refractivity contribution in [3.63, 3.8) is 0 Å². The number of amides is 2. The van der Waals surface area contributed by atoms with Gasteiger partial charge in [-0.15, -0.1) is 11.3 Å². The van der Waals surface area contributed by atoms with Gasteiger partial charge in [-0.05, 0) is 17.2 Å². The van der Waals surface area contributed by atoms with Gasteiger partial charge in [0, 0.05) is 29.9 Å². The monoisotopic (exact) mass is 553 g/mol. The van der Waals surface area contributed by atoms with Crippen molar-refractivity contribution in [3.8, 4) is 11.3 Å². The number of hydrogen-bond donors (Lipinski definition) is 3. The Bertz CT molecular complexity index is 1500. The molecule has 0 fully saturated rings. The lowest BCUT2D eigenvalue weighted by Crippen LogP contribution is -2.46. The van der Waals surface area contributed by atoms with Crippen molar-refractivity contribution < 1.29 is 22.7 Å². The van der Waals surface area contributed by atoms with E-state index in [0.29, 0.717) is 17.4 Å². The van der Waals surface area contributed by atoms with Crippen LogP contribution in [0.15, 0.2) is 78.4 Å². The van der Waals surface area contributed by atoms with Crippen LogP contribution in [-0.4, -0.2) is 48.1 Å². The first-order valence-corrected chi connectivity index (χ1v) is 14.3. The number of nitrogens with one attached hydrogen (secondary N) is 2. The maximum Gasteiger partial charge on any atom is 0.253 e. The van der Waals surface area contributed by atoms with E-state index in [1.54, 1.807) is 0 Å². The Kier molecular flexibility index (Phi) is 8.69. The summed E-state index contributed by atoms with van der Waals surface area (Å²) in [7, 11) is -3.55. The van der Waals surface area contributed by atoms with Crippen molar-refractivity contribution in [3.05, 3.63) is 95.1 Å². The van der Waals surface area contributed by atoms with Crippen LogP contribution in [0.25, 0.3) is 11.3 Å². The molecule has 4 aromatic rings. The first-order chi connectivity index (χ1) is 18.2. The van der Waals surface area contributed by atoms with Gasteiger partial charge in [0.15, 0.2) is 5.13 Å². The topological polar surface area (TPSA) is 145 Å². The number of nitrogens with zero attached hydrogens (tertiary/aromatic N) is 2. The third kappa shape index (κ3) is 7.13. The summed E-state index contributed by atoms with van der Waals surface area (Å²) >= 11 is 1.26. The van der Waals surface area contributed by atoms with E-state index in [9.17, 15) is 18.0 Å². The highest BCUT2D eigenvalue weighted by Gasteiger charge is 2.24. The summed E-state index contributed by atoms with van der Waals surface area (Å²) in [6.45, 7) is 0.517. The molecule has 4 N–H and O–H groups in total. The van der Waals surface area contributed by atoms with Gasteiger partial charge in [0.25, 0.3) is 11.8 Å². The number of anilines is 1. The average Bonchev–Trinajstić information content (AvgIpc) is 3.59. The van der Waals surface area contributed by atoms with Gasteiger partial charge in [0.1, 0.15) is 6.04 Å². The number of benzene rings is 2. The molecule has 12 heteroatoms. The third-order valence-electron chi connectivity index (χ3n) is 5.55. The van der Waals surface area contributed by atoms with Crippen LogP contribution in [0.3, 0.4) is 0 Å². The van der Waals surface area contributed by atoms with Crippen molar-refractivity contribution in [2.75, 3.05) is 18.2 Å². The highest BCUT2D eigenvalue weighted by Crippen LogP contribution is 2.24.